The van der Waals surface area contributed by atoms with Crippen LogP contribution in [0, 0.1) is 0 Å². The van der Waals surface area contributed by atoms with E-state index in [1.54, 1.807) is 19.4 Å². The van der Waals surface area contributed by atoms with Crippen molar-refractivity contribution in [1.82, 2.24) is 9.97 Å². The molecule has 29 heavy (non-hydrogen) atoms. The maximum absolute atomic E-state index is 12.6. The summed E-state index contributed by atoms with van der Waals surface area (Å²) < 4.78 is 5.32. The summed E-state index contributed by atoms with van der Waals surface area (Å²) in [6.07, 6.45) is 1.54. The number of carbonyl (C=O) groups excluding carboxylic acids is 1. The van der Waals surface area contributed by atoms with Crippen molar-refractivity contribution in [3.05, 3.63) is 66.5 Å². The van der Waals surface area contributed by atoms with Crippen LogP contribution in [-0.2, 0) is 0 Å². The molecule has 7 nitrogen and oxygen atoms in total. The highest BCUT2D eigenvalue weighted by molar-refractivity contribution is 6.03. The number of methoxy groups -OCH3 is 1. The van der Waals surface area contributed by atoms with Gasteiger partial charge in [0.25, 0.3) is 5.91 Å². The molecule has 0 bridgehead atoms. The zero-order chi connectivity index (χ0) is 20.6. The van der Waals surface area contributed by atoms with E-state index in [1.165, 1.54) is 0 Å². The predicted molar refractivity (Wildman–Crippen MR) is 116 cm³/mol. The Bertz CT molecular complexity index is 955. The van der Waals surface area contributed by atoms with Crippen LogP contribution >= 0.6 is 0 Å². The number of nitrogens with one attached hydrogen (secondary N) is 2. The van der Waals surface area contributed by atoms with Crippen LogP contribution in [0.1, 0.15) is 24.3 Å². The molecule has 0 aliphatic carbocycles. The smallest absolute Gasteiger partial charge is 0.274 e. The minimum absolute atomic E-state index is 0.269. The van der Waals surface area contributed by atoms with E-state index in [1.807, 2.05) is 48.5 Å². The Balaban J connectivity index is 1.71. The molecule has 0 saturated carbocycles. The summed E-state index contributed by atoms with van der Waals surface area (Å²) in [4.78, 5) is 23.4. The third kappa shape index (κ3) is 5.01. The van der Waals surface area contributed by atoms with E-state index in [4.69, 9.17) is 4.74 Å². The third-order valence-electron chi connectivity index (χ3n) is 4.50. The molecule has 1 aromatic heterocycles. The molecule has 0 aliphatic heterocycles. The van der Waals surface area contributed by atoms with Crippen LogP contribution in [0.4, 0.5) is 23.0 Å². The molecule has 0 radical (unpaired) electrons. The number of hydrogen-bond donors (Lipinski definition) is 2. The number of aromatic nitrogens is 2. The Morgan fingerprint density at radius 3 is 2.45 bits per heavy atom. The fraction of sp³-hybridized carbons (Fsp3) is 0.227. The number of hydrogen-bond acceptors (Lipinski definition) is 6. The summed E-state index contributed by atoms with van der Waals surface area (Å²) in [6, 6.07) is 16.8. The highest BCUT2D eigenvalue weighted by Gasteiger charge is 2.11. The molecule has 2 N–H and O–H groups in total. The second kappa shape index (κ2) is 9.54. The van der Waals surface area contributed by atoms with Gasteiger partial charge in [-0.15, -0.1) is 0 Å². The van der Waals surface area contributed by atoms with Crippen molar-refractivity contribution >= 4 is 28.9 Å². The molecular weight excluding hydrogens is 366 g/mol. The number of anilines is 4. The number of ether oxygens (including phenoxy) is 1. The quantitative estimate of drug-likeness (QED) is 0.595. The summed E-state index contributed by atoms with van der Waals surface area (Å²) in [6.45, 7) is 6.10. The largest absolute Gasteiger partial charge is 0.495 e. The minimum atomic E-state index is -0.300. The van der Waals surface area contributed by atoms with E-state index >= 15 is 0 Å². The predicted octanol–water partition coefficient (Wildman–Crippen LogP) is 4.33. The van der Waals surface area contributed by atoms with Crippen molar-refractivity contribution in [2.24, 2.45) is 0 Å². The first-order valence-electron chi connectivity index (χ1n) is 9.54. The van der Waals surface area contributed by atoms with Gasteiger partial charge in [-0.1, -0.05) is 12.1 Å². The summed E-state index contributed by atoms with van der Waals surface area (Å²) >= 11 is 0. The van der Waals surface area contributed by atoms with Gasteiger partial charge in [0.2, 0.25) is 5.95 Å². The lowest BCUT2D eigenvalue weighted by molar-refractivity contribution is 0.102. The number of amides is 1. The van der Waals surface area contributed by atoms with Crippen molar-refractivity contribution in [3.63, 3.8) is 0 Å². The highest BCUT2D eigenvalue weighted by atomic mass is 16.5. The van der Waals surface area contributed by atoms with Crippen LogP contribution in [0.15, 0.2) is 60.8 Å². The van der Waals surface area contributed by atoms with E-state index < -0.39 is 0 Å². The molecule has 0 saturated heterocycles. The van der Waals surface area contributed by atoms with Gasteiger partial charge in [0.1, 0.15) is 11.4 Å². The highest BCUT2D eigenvalue weighted by Crippen LogP contribution is 2.25. The lowest BCUT2D eigenvalue weighted by Crippen LogP contribution is -2.21. The normalized spacial score (nSPS) is 10.3. The molecule has 150 valence electrons. The molecular formula is C22H25N5O2. The standard InChI is InChI=1S/C22H25N5O2/c1-4-27(5-2)17-12-10-16(11-13-17)24-21(28)19-14-15-23-22(26-19)25-18-8-6-7-9-20(18)29-3/h6-15H,4-5H2,1-3H3,(H,24,28)(H,23,25,26). The van der Waals surface area contributed by atoms with Gasteiger partial charge in [-0.3, -0.25) is 4.79 Å². The summed E-state index contributed by atoms with van der Waals surface area (Å²) in [5, 5.41) is 5.96. The molecule has 7 heteroatoms. The Hall–Kier alpha value is -3.61. The first kappa shape index (κ1) is 20.1. The molecule has 0 fully saturated rings. The molecule has 0 spiro atoms. The summed E-state index contributed by atoms with van der Waals surface area (Å²) in [5.41, 5.74) is 2.83. The lowest BCUT2D eigenvalue weighted by Gasteiger charge is -2.21. The number of rotatable bonds is 8. The monoisotopic (exact) mass is 391 g/mol. The van der Waals surface area contributed by atoms with Crippen molar-refractivity contribution in [3.8, 4) is 5.75 Å². The number of carbonyl (C=O) groups is 1. The van der Waals surface area contributed by atoms with Gasteiger partial charge in [-0.2, -0.15) is 0 Å². The molecule has 3 rings (SSSR count). The van der Waals surface area contributed by atoms with Gasteiger partial charge in [-0.05, 0) is 56.3 Å². The Labute approximate surface area is 170 Å². The molecule has 0 aliphatic rings. The van der Waals surface area contributed by atoms with Crippen LogP contribution in [0.5, 0.6) is 5.75 Å². The van der Waals surface area contributed by atoms with Crippen LogP contribution in [0.3, 0.4) is 0 Å². The van der Waals surface area contributed by atoms with Gasteiger partial charge < -0.3 is 20.3 Å². The molecule has 1 heterocycles. The van der Waals surface area contributed by atoms with Crippen molar-refractivity contribution in [2.45, 2.75) is 13.8 Å². The maximum atomic E-state index is 12.6. The Morgan fingerprint density at radius 2 is 1.76 bits per heavy atom. The third-order valence-corrected chi connectivity index (χ3v) is 4.50. The fourth-order valence-electron chi connectivity index (χ4n) is 2.95. The first-order chi connectivity index (χ1) is 14.1. The van der Waals surface area contributed by atoms with E-state index in [-0.39, 0.29) is 11.6 Å². The summed E-state index contributed by atoms with van der Waals surface area (Å²) in [5.74, 6) is 0.685. The van der Waals surface area contributed by atoms with E-state index in [0.717, 1.165) is 24.5 Å². The van der Waals surface area contributed by atoms with Crippen molar-refractivity contribution in [1.29, 1.82) is 0 Å². The number of benzene rings is 2. The minimum Gasteiger partial charge on any atom is -0.495 e. The van der Waals surface area contributed by atoms with Gasteiger partial charge >= 0.3 is 0 Å². The number of para-hydroxylation sites is 2. The maximum Gasteiger partial charge on any atom is 0.274 e. The first-order valence-corrected chi connectivity index (χ1v) is 9.54. The van der Waals surface area contributed by atoms with E-state index in [2.05, 4.69) is 39.3 Å². The topological polar surface area (TPSA) is 79.4 Å². The average molecular weight is 391 g/mol. The van der Waals surface area contributed by atoms with Gasteiger partial charge in [-0.25, -0.2) is 9.97 Å². The van der Waals surface area contributed by atoms with Gasteiger partial charge in [0, 0.05) is 30.7 Å². The van der Waals surface area contributed by atoms with Crippen LogP contribution in [0.2, 0.25) is 0 Å². The molecule has 0 unspecified atom stereocenters. The molecule has 0 atom stereocenters. The molecule has 3 aromatic rings. The zero-order valence-electron chi connectivity index (χ0n) is 16.8. The van der Waals surface area contributed by atoms with E-state index in [0.29, 0.717) is 17.4 Å². The second-order valence-corrected chi connectivity index (χ2v) is 6.26. The van der Waals surface area contributed by atoms with Gasteiger partial charge in [0.15, 0.2) is 0 Å². The lowest BCUT2D eigenvalue weighted by atomic mass is 10.2. The number of nitrogens with zero attached hydrogens (tertiary/aromatic N) is 3. The van der Waals surface area contributed by atoms with Crippen LogP contribution < -0.4 is 20.3 Å². The average Bonchev–Trinajstić information content (AvgIpc) is 2.76. The Morgan fingerprint density at radius 1 is 1.03 bits per heavy atom. The van der Waals surface area contributed by atoms with Gasteiger partial charge in [0.05, 0.1) is 12.8 Å². The van der Waals surface area contributed by atoms with Crippen LogP contribution in [0.25, 0.3) is 0 Å². The van der Waals surface area contributed by atoms with Crippen LogP contribution in [-0.4, -0.2) is 36.1 Å². The van der Waals surface area contributed by atoms with Crippen molar-refractivity contribution in [2.75, 3.05) is 35.7 Å². The fourth-order valence-corrected chi connectivity index (χ4v) is 2.95. The zero-order valence-corrected chi connectivity index (χ0v) is 16.8. The molecule has 1 amide bonds. The van der Waals surface area contributed by atoms with E-state index in [9.17, 15) is 4.79 Å². The Kier molecular flexibility index (Phi) is 6.63. The van der Waals surface area contributed by atoms with Crippen molar-refractivity contribution < 1.29 is 9.53 Å². The second-order valence-electron chi connectivity index (χ2n) is 6.26. The molecule has 2 aromatic carbocycles. The SMILES string of the molecule is CCN(CC)c1ccc(NC(=O)c2ccnc(Nc3ccccc3OC)n2)cc1. The summed E-state index contributed by atoms with van der Waals surface area (Å²) in [7, 11) is 1.59.